The summed E-state index contributed by atoms with van der Waals surface area (Å²) >= 11 is 0. The Labute approximate surface area is 186 Å². The van der Waals surface area contributed by atoms with Crippen LogP contribution in [0.15, 0.2) is 78.9 Å². The fourth-order valence-corrected chi connectivity index (χ4v) is 3.34. The van der Waals surface area contributed by atoms with Crippen LogP contribution in [0.5, 0.6) is 11.5 Å². The summed E-state index contributed by atoms with van der Waals surface area (Å²) in [6, 6.07) is 21.0. The van der Waals surface area contributed by atoms with Crippen molar-refractivity contribution in [1.29, 1.82) is 0 Å². The Hall–Kier alpha value is -3.00. The van der Waals surface area contributed by atoms with Gasteiger partial charge in [-0.3, -0.25) is 0 Å². The smallest absolute Gasteiger partial charge is 0.137 e. The van der Waals surface area contributed by atoms with E-state index in [0.29, 0.717) is 31.1 Å². The lowest BCUT2D eigenvalue weighted by atomic mass is 10.2. The second-order valence-corrected chi connectivity index (χ2v) is 7.66. The summed E-state index contributed by atoms with van der Waals surface area (Å²) in [5.74, 6) is 0.243. The summed E-state index contributed by atoms with van der Waals surface area (Å²) in [5, 5.41) is 21.0. The molecule has 0 radical (unpaired) electrons. The van der Waals surface area contributed by atoms with Gasteiger partial charge in [-0.25, -0.2) is 8.78 Å². The third-order valence-electron chi connectivity index (χ3n) is 4.86. The maximum Gasteiger partial charge on any atom is 0.137 e. The Morgan fingerprint density at radius 1 is 0.656 bits per heavy atom. The Kier molecular flexibility index (Phi) is 8.98. The predicted molar refractivity (Wildman–Crippen MR) is 117 cm³/mol. The van der Waals surface area contributed by atoms with Gasteiger partial charge in [-0.2, -0.15) is 0 Å². The maximum atomic E-state index is 13.0. The largest absolute Gasteiger partial charge is 0.491 e. The Morgan fingerprint density at radius 2 is 1.09 bits per heavy atom. The second kappa shape index (κ2) is 12.1. The Balaban J connectivity index is 1.54. The van der Waals surface area contributed by atoms with Crippen molar-refractivity contribution in [2.45, 2.75) is 18.8 Å². The van der Waals surface area contributed by atoms with Crippen LogP contribution in [0.25, 0.3) is 0 Å². The molecule has 3 aromatic carbocycles. The highest BCUT2D eigenvalue weighted by Crippen LogP contribution is 2.12. The van der Waals surface area contributed by atoms with Crippen molar-refractivity contribution in [3.63, 3.8) is 0 Å². The lowest BCUT2D eigenvalue weighted by Crippen LogP contribution is -3.13. The van der Waals surface area contributed by atoms with Gasteiger partial charge in [0.2, 0.25) is 0 Å². The molecule has 170 valence electrons. The highest BCUT2D eigenvalue weighted by molar-refractivity contribution is 5.22. The highest BCUT2D eigenvalue weighted by atomic mass is 19.1. The SMILES string of the molecule is O[C@@H](COc1ccc(F)cc1)C[NH+](Cc1ccccc1)C[C@@H](O)COc1ccc(F)cc1. The molecule has 7 heteroatoms. The van der Waals surface area contributed by atoms with E-state index in [2.05, 4.69) is 0 Å². The number of halogens is 2. The van der Waals surface area contributed by atoms with Gasteiger partial charge in [0.05, 0.1) is 0 Å². The van der Waals surface area contributed by atoms with Gasteiger partial charge >= 0.3 is 0 Å². The minimum Gasteiger partial charge on any atom is -0.491 e. The summed E-state index contributed by atoms with van der Waals surface area (Å²) in [4.78, 5) is 0.946. The van der Waals surface area contributed by atoms with E-state index < -0.39 is 12.2 Å². The molecule has 0 amide bonds. The molecule has 0 aliphatic heterocycles. The molecule has 0 saturated carbocycles. The van der Waals surface area contributed by atoms with Crippen LogP contribution >= 0.6 is 0 Å². The van der Waals surface area contributed by atoms with E-state index in [4.69, 9.17) is 9.47 Å². The lowest BCUT2D eigenvalue weighted by molar-refractivity contribution is -0.920. The zero-order valence-corrected chi connectivity index (χ0v) is 17.7. The molecule has 0 saturated heterocycles. The van der Waals surface area contributed by atoms with E-state index in [1.807, 2.05) is 30.3 Å². The first-order valence-electron chi connectivity index (χ1n) is 10.5. The van der Waals surface area contributed by atoms with Gasteiger partial charge in [0.1, 0.15) is 68.2 Å². The van der Waals surface area contributed by atoms with Crippen LogP contribution in [0.4, 0.5) is 8.78 Å². The molecule has 0 heterocycles. The van der Waals surface area contributed by atoms with Gasteiger partial charge < -0.3 is 24.6 Å². The summed E-state index contributed by atoms with van der Waals surface area (Å²) in [7, 11) is 0. The van der Waals surface area contributed by atoms with Crippen LogP contribution in [-0.4, -0.2) is 48.7 Å². The van der Waals surface area contributed by atoms with Crippen molar-refractivity contribution < 1.29 is 33.4 Å². The van der Waals surface area contributed by atoms with Crippen LogP contribution in [0.3, 0.4) is 0 Å². The molecule has 0 bridgehead atoms. The molecule has 0 unspecified atom stereocenters. The van der Waals surface area contributed by atoms with Crippen LogP contribution < -0.4 is 14.4 Å². The summed E-state index contributed by atoms with van der Waals surface area (Å²) in [5.41, 5.74) is 1.07. The molecule has 0 aliphatic carbocycles. The number of quaternary nitrogens is 1. The molecular weight excluding hydrogens is 416 g/mol. The van der Waals surface area contributed by atoms with Crippen molar-refractivity contribution in [2.24, 2.45) is 0 Å². The molecule has 0 spiro atoms. The second-order valence-electron chi connectivity index (χ2n) is 7.66. The number of nitrogens with one attached hydrogen (secondary N) is 1. The number of hydrogen-bond donors (Lipinski definition) is 3. The van der Waals surface area contributed by atoms with Gasteiger partial charge in [-0.1, -0.05) is 30.3 Å². The average Bonchev–Trinajstić information content (AvgIpc) is 2.79. The van der Waals surface area contributed by atoms with E-state index in [1.165, 1.54) is 48.5 Å². The molecular formula is C25H28F2NO4+. The van der Waals surface area contributed by atoms with Gasteiger partial charge in [0.25, 0.3) is 0 Å². The Morgan fingerprint density at radius 3 is 1.53 bits per heavy atom. The fraction of sp³-hybridized carbons (Fsp3) is 0.280. The minimum absolute atomic E-state index is 0.0477. The monoisotopic (exact) mass is 444 g/mol. The van der Waals surface area contributed by atoms with E-state index in [-0.39, 0.29) is 24.8 Å². The zero-order chi connectivity index (χ0) is 22.8. The van der Waals surface area contributed by atoms with Gasteiger partial charge in [0, 0.05) is 5.56 Å². The van der Waals surface area contributed by atoms with Crippen molar-refractivity contribution in [1.82, 2.24) is 0 Å². The van der Waals surface area contributed by atoms with Gasteiger partial charge in [0.15, 0.2) is 0 Å². The van der Waals surface area contributed by atoms with E-state index >= 15 is 0 Å². The van der Waals surface area contributed by atoms with E-state index in [1.54, 1.807) is 0 Å². The Bertz CT molecular complexity index is 865. The number of ether oxygens (including phenoxy) is 2. The molecule has 0 aliphatic rings. The van der Waals surface area contributed by atoms with E-state index in [0.717, 1.165) is 10.5 Å². The standard InChI is InChI=1S/C25H27F2NO4/c26-20-6-10-24(11-7-20)31-17-22(29)15-28(14-19-4-2-1-3-5-19)16-23(30)18-32-25-12-8-21(27)9-13-25/h1-13,22-23,29-30H,14-18H2/p+1/t22-,23-/m1/s1. The normalized spacial score (nSPS) is 13.0. The number of aliphatic hydroxyl groups excluding tert-OH is 2. The molecule has 2 atom stereocenters. The topological polar surface area (TPSA) is 63.4 Å². The average molecular weight is 444 g/mol. The highest BCUT2D eigenvalue weighted by Gasteiger charge is 2.21. The van der Waals surface area contributed by atoms with Crippen molar-refractivity contribution in [3.8, 4) is 11.5 Å². The molecule has 3 aromatic rings. The third-order valence-corrected chi connectivity index (χ3v) is 4.86. The predicted octanol–water partition coefficient (Wildman–Crippen LogP) is 2.23. The number of rotatable bonds is 12. The van der Waals surface area contributed by atoms with E-state index in [9.17, 15) is 19.0 Å². The summed E-state index contributed by atoms with van der Waals surface area (Å²) < 4.78 is 37.1. The van der Waals surface area contributed by atoms with Crippen LogP contribution in [0, 0.1) is 11.6 Å². The molecule has 5 nitrogen and oxygen atoms in total. The minimum atomic E-state index is -0.788. The first-order chi connectivity index (χ1) is 15.5. The van der Waals surface area contributed by atoms with Gasteiger partial charge in [-0.05, 0) is 48.5 Å². The van der Waals surface area contributed by atoms with Crippen LogP contribution in [0.2, 0.25) is 0 Å². The summed E-state index contributed by atoms with van der Waals surface area (Å²) in [6.45, 7) is 1.37. The lowest BCUT2D eigenvalue weighted by Gasteiger charge is -2.25. The van der Waals surface area contributed by atoms with Crippen LogP contribution in [0.1, 0.15) is 5.56 Å². The zero-order valence-electron chi connectivity index (χ0n) is 17.7. The number of aliphatic hydroxyl groups is 2. The first-order valence-corrected chi connectivity index (χ1v) is 10.5. The molecule has 3 rings (SSSR count). The first kappa shape index (κ1) is 23.7. The molecule has 0 aromatic heterocycles. The van der Waals surface area contributed by atoms with Crippen LogP contribution in [-0.2, 0) is 6.54 Å². The molecule has 3 N–H and O–H groups in total. The molecule has 32 heavy (non-hydrogen) atoms. The number of benzene rings is 3. The van der Waals surface area contributed by atoms with Crippen molar-refractivity contribution in [2.75, 3.05) is 26.3 Å². The third kappa shape index (κ3) is 8.26. The quantitative estimate of drug-likeness (QED) is 0.401. The van der Waals surface area contributed by atoms with Crippen molar-refractivity contribution >= 4 is 0 Å². The van der Waals surface area contributed by atoms with Crippen molar-refractivity contribution in [3.05, 3.63) is 96.1 Å². The summed E-state index contributed by atoms with van der Waals surface area (Å²) in [6.07, 6.45) is -1.58. The number of hydrogen-bond acceptors (Lipinski definition) is 4. The van der Waals surface area contributed by atoms with Gasteiger partial charge in [-0.15, -0.1) is 0 Å². The fourth-order valence-electron chi connectivity index (χ4n) is 3.34. The molecule has 0 fully saturated rings. The maximum absolute atomic E-state index is 13.0.